The highest BCUT2D eigenvalue weighted by Crippen LogP contribution is 2.15. The van der Waals surface area contributed by atoms with Crippen molar-refractivity contribution in [2.75, 3.05) is 30.9 Å². The van der Waals surface area contributed by atoms with E-state index >= 15 is 0 Å². The average molecular weight is 377 g/mol. The summed E-state index contributed by atoms with van der Waals surface area (Å²) in [6, 6.07) is 14.1. The lowest BCUT2D eigenvalue weighted by Crippen LogP contribution is -2.21. The molecule has 0 bridgehead atoms. The topological polar surface area (TPSA) is 58.6 Å². The van der Waals surface area contributed by atoms with Crippen LogP contribution in [0.1, 0.15) is 10.4 Å². The fourth-order valence-corrected chi connectivity index (χ4v) is 2.10. The van der Waals surface area contributed by atoms with Gasteiger partial charge in [-0.1, -0.05) is 15.9 Å². The minimum atomic E-state index is -0.532. The molecule has 1 N–H and O–H groups in total. The van der Waals surface area contributed by atoms with Gasteiger partial charge in [-0.25, -0.2) is 4.79 Å². The van der Waals surface area contributed by atoms with Crippen LogP contribution in [0.5, 0.6) is 0 Å². The number of nitrogens with zero attached hydrogens (tertiary/aromatic N) is 1. The molecule has 2 rings (SSSR count). The number of esters is 1. The lowest BCUT2D eigenvalue weighted by Gasteiger charge is -2.13. The molecular formula is C17H17BrN2O3. The van der Waals surface area contributed by atoms with Crippen molar-refractivity contribution in [2.45, 2.75) is 0 Å². The predicted octanol–water partition coefficient (Wildman–Crippen LogP) is 3.31. The first-order chi connectivity index (χ1) is 11.0. The zero-order valence-corrected chi connectivity index (χ0v) is 14.5. The molecule has 0 aliphatic heterocycles. The highest BCUT2D eigenvalue weighted by atomic mass is 79.9. The molecule has 120 valence electrons. The number of ether oxygens (including phenoxy) is 1. The highest BCUT2D eigenvalue weighted by molar-refractivity contribution is 9.10. The van der Waals surface area contributed by atoms with Crippen molar-refractivity contribution in [3.05, 3.63) is 58.6 Å². The molecule has 0 spiro atoms. The number of benzene rings is 2. The molecule has 6 heteroatoms. The molecule has 0 atom stereocenters. The van der Waals surface area contributed by atoms with E-state index in [1.54, 1.807) is 36.4 Å². The molecule has 0 fully saturated rings. The standard InChI is InChI=1S/C17H17BrN2O3/c1-20(2)15-9-7-14(8-10-15)19-16(21)11-23-17(22)12-3-5-13(18)6-4-12/h3-10H,11H2,1-2H3,(H,19,21). The molecule has 0 aliphatic carbocycles. The van der Waals surface area contributed by atoms with Crippen LogP contribution in [0, 0.1) is 0 Å². The van der Waals surface area contributed by atoms with Gasteiger partial charge in [0.15, 0.2) is 6.61 Å². The molecule has 0 radical (unpaired) electrons. The quantitative estimate of drug-likeness (QED) is 0.813. The second kappa shape index (κ2) is 7.78. The molecule has 0 unspecified atom stereocenters. The summed E-state index contributed by atoms with van der Waals surface area (Å²) in [6.07, 6.45) is 0. The van der Waals surface area contributed by atoms with E-state index in [-0.39, 0.29) is 12.5 Å². The first-order valence-corrected chi connectivity index (χ1v) is 7.75. The maximum absolute atomic E-state index is 11.8. The number of nitrogens with one attached hydrogen (secondary N) is 1. The zero-order valence-electron chi connectivity index (χ0n) is 12.9. The normalized spacial score (nSPS) is 10.0. The molecule has 0 aromatic heterocycles. The van der Waals surface area contributed by atoms with Crippen LogP contribution < -0.4 is 10.2 Å². The van der Waals surface area contributed by atoms with Crippen LogP contribution in [0.25, 0.3) is 0 Å². The van der Waals surface area contributed by atoms with Crippen molar-refractivity contribution in [3.63, 3.8) is 0 Å². The van der Waals surface area contributed by atoms with E-state index < -0.39 is 5.97 Å². The minimum Gasteiger partial charge on any atom is -0.452 e. The van der Waals surface area contributed by atoms with Gasteiger partial charge in [0, 0.05) is 29.9 Å². The highest BCUT2D eigenvalue weighted by Gasteiger charge is 2.10. The molecular weight excluding hydrogens is 360 g/mol. The number of anilines is 2. The monoisotopic (exact) mass is 376 g/mol. The van der Waals surface area contributed by atoms with Crippen LogP contribution in [-0.4, -0.2) is 32.6 Å². The summed E-state index contributed by atoms with van der Waals surface area (Å²) < 4.78 is 5.86. The van der Waals surface area contributed by atoms with Crippen molar-refractivity contribution >= 4 is 39.2 Å². The van der Waals surface area contributed by atoms with Crippen LogP contribution >= 0.6 is 15.9 Å². The third kappa shape index (κ3) is 5.10. The van der Waals surface area contributed by atoms with E-state index in [2.05, 4.69) is 21.2 Å². The molecule has 2 aromatic rings. The van der Waals surface area contributed by atoms with Crippen LogP contribution in [0.2, 0.25) is 0 Å². The Kier molecular flexibility index (Phi) is 5.76. The SMILES string of the molecule is CN(C)c1ccc(NC(=O)COC(=O)c2ccc(Br)cc2)cc1. The van der Waals surface area contributed by atoms with Crippen molar-refractivity contribution < 1.29 is 14.3 Å². The van der Waals surface area contributed by atoms with Gasteiger partial charge in [0.05, 0.1) is 5.56 Å². The van der Waals surface area contributed by atoms with E-state index in [1.165, 1.54) is 0 Å². The zero-order chi connectivity index (χ0) is 16.8. The van der Waals surface area contributed by atoms with E-state index in [0.29, 0.717) is 11.3 Å². The van der Waals surface area contributed by atoms with Crippen molar-refractivity contribution in [1.29, 1.82) is 0 Å². The number of carbonyl (C=O) groups excluding carboxylic acids is 2. The Morgan fingerprint density at radius 2 is 1.65 bits per heavy atom. The second-order valence-corrected chi connectivity index (χ2v) is 5.99. The van der Waals surface area contributed by atoms with Crippen LogP contribution in [0.15, 0.2) is 53.0 Å². The first kappa shape index (κ1) is 17.0. The number of carbonyl (C=O) groups is 2. The summed E-state index contributed by atoms with van der Waals surface area (Å²) in [7, 11) is 3.88. The summed E-state index contributed by atoms with van der Waals surface area (Å²) in [5.41, 5.74) is 2.08. The maximum atomic E-state index is 11.8. The summed E-state index contributed by atoms with van der Waals surface area (Å²) in [4.78, 5) is 25.6. The van der Waals surface area contributed by atoms with E-state index in [0.717, 1.165) is 10.2 Å². The number of hydrogen-bond donors (Lipinski definition) is 1. The van der Waals surface area contributed by atoms with Gasteiger partial charge in [-0.2, -0.15) is 0 Å². The molecule has 5 nitrogen and oxygen atoms in total. The number of amides is 1. The molecule has 0 heterocycles. The Labute approximate surface area is 143 Å². The Bertz CT molecular complexity index is 682. The smallest absolute Gasteiger partial charge is 0.338 e. The summed E-state index contributed by atoms with van der Waals surface area (Å²) in [5.74, 6) is -0.913. The van der Waals surface area contributed by atoms with E-state index in [1.807, 2.05) is 31.1 Å². The Morgan fingerprint density at radius 3 is 2.22 bits per heavy atom. The maximum Gasteiger partial charge on any atom is 0.338 e. The first-order valence-electron chi connectivity index (χ1n) is 6.95. The fourth-order valence-electron chi connectivity index (χ4n) is 1.84. The lowest BCUT2D eigenvalue weighted by molar-refractivity contribution is -0.119. The predicted molar refractivity (Wildman–Crippen MR) is 93.8 cm³/mol. The molecule has 0 aliphatic rings. The summed E-state index contributed by atoms with van der Waals surface area (Å²) >= 11 is 3.29. The van der Waals surface area contributed by atoms with E-state index in [4.69, 9.17) is 4.74 Å². The second-order valence-electron chi connectivity index (χ2n) is 5.07. The molecule has 1 amide bonds. The third-order valence-corrected chi connectivity index (χ3v) is 3.61. The van der Waals surface area contributed by atoms with Gasteiger partial charge in [-0.15, -0.1) is 0 Å². The number of halogens is 1. The summed E-state index contributed by atoms with van der Waals surface area (Å²) in [5, 5.41) is 2.68. The van der Waals surface area contributed by atoms with Crippen LogP contribution in [0.3, 0.4) is 0 Å². The van der Waals surface area contributed by atoms with Gasteiger partial charge in [-0.05, 0) is 48.5 Å². The third-order valence-electron chi connectivity index (χ3n) is 3.08. The van der Waals surface area contributed by atoms with Gasteiger partial charge in [0.2, 0.25) is 0 Å². The van der Waals surface area contributed by atoms with Crippen LogP contribution in [0.4, 0.5) is 11.4 Å². The van der Waals surface area contributed by atoms with Crippen LogP contribution in [-0.2, 0) is 9.53 Å². The Hall–Kier alpha value is -2.34. The lowest BCUT2D eigenvalue weighted by atomic mass is 10.2. The number of hydrogen-bond acceptors (Lipinski definition) is 4. The van der Waals surface area contributed by atoms with Crippen molar-refractivity contribution in [3.8, 4) is 0 Å². The molecule has 0 saturated heterocycles. The molecule has 2 aromatic carbocycles. The van der Waals surface area contributed by atoms with E-state index in [9.17, 15) is 9.59 Å². The Morgan fingerprint density at radius 1 is 1.04 bits per heavy atom. The van der Waals surface area contributed by atoms with Gasteiger partial charge in [0.25, 0.3) is 5.91 Å². The average Bonchev–Trinajstić information content (AvgIpc) is 2.54. The minimum absolute atomic E-state index is 0.329. The van der Waals surface area contributed by atoms with Gasteiger partial charge >= 0.3 is 5.97 Å². The number of rotatable bonds is 5. The van der Waals surface area contributed by atoms with Crippen molar-refractivity contribution in [2.24, 2.45) is 0 Å². The fraction of sp³-hybridized carbons (Fsp3) is 0.176. The molecule has 0 saturated carbocycles. The van der Waals surface area contributed by atoms with Gasteiger partial charge in [0.1, 0.15) is 0 Å². The summed E-state index contributed by atoms with van der Waals surface area (Å²) in [6.45, 7) is -0.329. The Balaban J connectivity index is 1.85. The van der Waals surface area contributed by atoms with Gasteiger partial charge in [-0.3, -0.25) is 4.79 Å². The molecule has 23 heavy (non-hydrogen) atoms. The van der Waals surface area contributed by atoms with Gasteiger partial charge < -0.3 is 15.0 Å². The largest absolute Gasteiger partial charge is 0.452 e. The van der Waals surface area contributed by atoms with Crippen molar-refractivity contribution in [1.82, 2.24) is 0 Å².